The van der Waals surface area contributed by atoms with Crippen LogP contribution in [0.3, 0.4) is 0 Å². The van der Waals surface area contributed by atoms with Gasteiger partial charge in [-0.2, -0.15) is 11.8 Å². The zero-order valence-electron chi connectivity index (χ0n) is 12.3. The first-order valence-electron chi connectivity index (χ1n) is 7.42. The molecule has 0 radical (unpaired) electrons. The number of carboxylic acids is 1. The Morgan fingerprint density at radius 3 is 2.59 bits per heavy atom. The van der Waals surface area contributed by atoms with E-state index in [9.17, 15) is 9.59 Å². The third kappa shape index (κ3) is 4.92. The number of carbonyl (C=O) groups excluding carboxylic acids is 1. The summed E-state index contributed by atoms with van der Waals surface area (Å²) in [6.07, 6.45) is 1.73. The fourth-order valence-corrected chi connectivity index (χ4v) is 3.77. The first kappa shape index (κ1) is 17.2. The summed E-state index contributed by atoms with van der Waals surface area (Å²) in [7, 11) is 0. The maximum Gasteiger partial charge on any atom is 0.303 e. The molecule has 1 N–H and O–H groups in total. The molecular formula is C16H20ClNO3S. The lowest BCUT2D eigenvalue weighted by atomic mass is 10.1. The second-order valence-electron chi connectivity index (χ2n) is 5.33. The van der Waals surface area contributed by atoms with Crippen molar-refractivity contribution < 1.29 is 14.7 Å². The average Bonchev–Trinajstić information content (AvgIpc) is 2.52. The second-order valence-corrected chi connectivity index (χ2v) is 6.92. The zero-order valence-corrected chi connectivity index (χ0v) is 13.9. The highest BCUT2D eigenvalue weighted by Gasteiger charge is 2.27. The van der Waals surface area contributed by atoms with E-state index in [0.717, 1.165) is 23.6 Å². The minimum absolute atomic E-state index is 0.0861. The van der Waals surface area contributed by atoms with Crippen molar-refractivity contribution in [3.63, 3.8) is 0 Å². The van der Waals surface area contributed by atoms with Gasteiger partial charge in [0.05, 0.1) is 6.04 Å². The van der Waals surface area contributed by atoms with Gasteiger partial charge in [-0.15, -0.1) is 0 Å². The number of hydrogen-bond acceptors (Lipinski definition) is 3. The molecule has 22 heavy (non-hydrogen) atoms. The van der Waals surface area contributed by atoms with Gasteiger partial charge in [-0.25, -0.2) is 0 Å². The van der Waals surface area contributed by atoms with Crippen molar-refractivity contribution >= 4 is 35.2 Å². The van der Waals surface area contributed by atoms with Crippen LogP contribution in [0.2, 0.25) is 5.02 Å². The van der Waals surface area contributed by atoms with Crippen LogP contribution in [0.5, 0.6) is 0 Å². The molecule has 120 valence electrons. The molecule has 6 heteroatoms. The molecule has 1 heterocycles. The molecule has 1 saturated heterocycles. The third-order valence-corrected chi connectivity index (χ3v) is 5.01. The zero-order chi connectivity index (χ0) is 15.9. The Morgan fingerprint density at radius 2 is 1.91 bits per heavy atom. The quantitative estimate of drug-likeness (QED) is 0.803. The van der Waals surface area contributed by atoms with Crippen LogP contribution in [-0.4, -0.2) is 39.9 Å². The van der Waals surface area contributed by atoms with E-state index in [-0.39, 0.29) is 18.4 Å². The van der Waals surface area contributed by atoms with Gasteiger partial charge in [-0.05, 0) is 30.5 Å². The SMILES string of the molecule is O=C(O)CCCCC(=O)N1CCSCC1c1ccc(Cl)cc1. The Kier molecular flexibility index (Phi) is 6.58. The molecule has 1 aromatic rings. The van der Waals surface area contributed by atoms with E-state index in [4.69, 9.17) is 16.7 Å². The topological polar surface area (TPSA) is 57.6 Å². The summed E-state index contributed by atoms with van der Waals surface area (Å²) in [6.45, 7) is 0.746. The monoisotopic (exact) mass is 341 g/mol. The number of hydrogen-bond donors (Lipinski definition) is 1. The first-order valence-corrected chi connectivity index (χ1v) is 8.95. The van der Waals surface area contributed by atoms with Crippen molar-refractivity contribution in [1.29, 1.82) is 0 Å². The first-order chi connectivity index (χ1) is 10.6. The molecule has 0 saturated carbocycles. The fraction of sp³-hybridized carbons (Fsp3) is 0.500. The summed E-state index contributed by atoms with van der Waals surface area (Å²) in [6, 6.07) is 7.74. The normalized spacial score (nSPS) is 18.2. The predicted octanol–water partition coefficient (Wildman–Crippen LogP) is 3.60. The second kappa shape index (κ2) is 8.44. The minimum atomic E-state index is -0.805. The van der Waals surface area contributed by atoms with Crippen LogP contribution in [-0.2, 0) is 9.59 Å². The Morgan fingerprint density at radius 1 is 1.23 bits per heavy atom. The van der Waals surface area contributed by atoms with Crippen molar-refractivity contribution in [2.24, 2.45) is 0 Å². The Balaban J connectivity index is 1.95. The molecule has 0 aromatic heterocycles. The molecule has 0 spiro atoms. The molecule has 4 nitrogen and oxygen atoms in total. The largest absolute Gasteiger partial charge is 0.481 e. The summed E-state index contributed by atoms with van der Waals surface area (Å²) in [4.78, 5) is 24.9. The maximum absolute atomic E-state index is 12.4. The third-order valence-electron chi connectivity index (χ3n) is 3.73. The highest BCUT2D eigenvalue weighted by atomic mass is 35.5. The van der Waals surface area contributed by atoms with Crippen molar-refractivity contribution in [2.45, 2.75) is 31.7 Å². The number of rotatable bonds is 6. The molecule has 1 aliphatic heterocycles. The Hall–Kier alpha value is -1.20. The summed E-state index contributed by atoms with van der Waals surface area (Å²) >= 11 is 7.78. The van der Waals surface area contributed by atoms with E-state index < -0.39 is 5.97 Å². The van der Waals surface area contributed by atoms with Crippen LogP contribution >= 0.6 is 23.4 Å². The van der Waals surface area contributed by atoms with Crippen LogP contribution < -0.4 is 0 Å². The molecule has 1 atom stereocenters. The lowest BCUT2D eigenvalue weighted by Gasteiger charge is -2.36. The smallest absolute Gasteiger partial charge is 0.303 e. The number of carbonyl (C=O) groups is 2. The van der Waals surface area contributed by atoms with Gasteiger partial charge < -0.3 is 10.0 Å². The van der Waals surface area contributed by atoms with Gasteiger partial charge in [0.2, 0.25) is 5.91 Å². The Labute approximate surface area is 139 Å². The number of thioether (sulfide) groups is 1. The molecule has 1 unspecified atom stereocenters. The number of nitrogens with zero attached hydrogens (tertiary/aromatic N) is 1. The molecule has 0 bridgehead atoms. The van der Waals surface area contributed by atoms with E-state index in [2.05, 4.69) is 0 Å². The van der Waals surface area contributed by atoms with Gasteiger partial charge in [0.1, 0.15) is 0 Å². The summed E-state index contributed by atoms with van der Waals surface area (Å²) in [5.74, 6) is 1.15. The van der Waals surface area contributed by atoms with E-state index in [0.29, 0.717) is 24.3 Å². The van der Waals surface area contributed by atoms with Gasteiger partial charge in [-0.3, -0.25) is 9.59 Å². The number of amides is 1. The van der Waals surface area contributed by atoms with Crippen molar-refractivity contribution in [2.75, 3.05) is 18.1 Å². The lowest BCUT2D eigenvalue weighted by molar-refractivity contribution is -0.138. The molecule has 1 aliphatic rings. The van der Waals surface area contributed by atoms with Crippen molar-refractivity contribution in [1.82, 2.24) is 4.90 Å². The van der Waals surface area contributed by atoms with Crippen molar-refractivity contribution in [3.8, 4) is 0 Å². The van der Waals surface area contributed by atoms with Crippen LogP contribution in [0.1, 0.15) is 37.3 Å². The number of benzene rings is 1. The van der Waals surface area contributed by atoms with Gasteiger partial charge in [0, 0.05) is 35.9 Å². The van der Waals surface area contributed by atoms with E-state index in [1.54, 1.807) is 0 Å². The van der Waals surface area contributed by atoms with Crippen LogP contribution in [0.25, 0.3) is 0 Å². The molecule has 0 aliphatic carbocycles. The number of halogens is 1. The van der Waals surface area contributed by atoms with Crippen LogP contribution in [0.4, 0.5) is 0 Å². The standard InChI is InChI=1S/C16H20ClNO3S/c17-13-7-5-12(6-8-13)14-11-22-10-9-18(14)15(19)3-1-2-4-16(20)21/h5-8,14H,1-4,9-11H2,(H,20,21). The van der Waals surface area contributed by atoms with Crippen molar-refractivity contribution in [3.05, 3.63) is 34.9 Å². The highest BCUT2D eigenvalue weighted by molar-refractivity contribution is 7.99. The van der Waals surface area contributed by atoms with Gasteiger partial charge in [-0.1, -0.05) is 23.7 Å². The Bertz CT molecular complexity index is 521. The maximum atomic E-state index is 12.4. The van der Waals surface area contributed by atoms with Gasteiger partial charge in [0.15, 0.2) is 0 Å². The highest BCUT2D eigenvalue weighted by Crippen LogP contribution is 2.31. The molecule has 1 fully saturated rings. The van der Waals surface area contributed by atoms with E-state index in [1.165, 1.54) is 0 Å². The van der Waals surface area contributed by atoms with Crippen LogP contribution in [0.15, 0.2) is 24.3 Å². The molecular weight excluding hydrogens is 322 g/mol. The van der Waals surface area contributed by atoms with E-state index in [1.807, 2.05) is 40.9 Å². The summed E-state index contributed by atoms with van der Waals surface area (Å²) in [5, 5.41) is 9.32. The number of carboxylic acid groups (broad SMARTS) is 1. The molecule has 1 amide bonds. The average molecular weight is 342 g/mol. The fourth-order valence-electron chi connectivity index (χ4n) is 2.56. The lowest BCUT2D eigenvalue weighted by Crippen LogP contribution is -2.40. The predicted molar refractivity (Wildman–Crippen MR) is 89.3 cm³/mol. The number of unbranched alkanes of at least 4 members (excludes halogenated alkanes) is 1. The minimum Gasteiger partial charge on any atom is -0.481 e. The van der Waals surface area contributed by atoms with E-state index >= 15 is 0 Å². The summed E-state index contributed by atoms with van der Waals surface area (Å²) < 4.78 is 0. The summed E-state index contributed by atoms with van der Waals surface area (Å²) in [5.41, 5.74) is 1.11. The molecule has 1 aromatic carbocycles. The number of aliphatic carboxylic acids is 1. The van der Waals surface area contributed by atoms with Crippen LogP contribution in [0, 0.1) is 0 Å². The van der Waals surface area contributed by atoms with Gasteiger partial charge in [0.25, 0.3) is 0 Å². The molecule has 2 rings (SSSR count). The van der Waals surface area contributed by atoms with Gasteiger partial charge >= 0.3 is 5.97 Å².